The van der Waals surface area contributed by atoms with Crippen molar-refractivity contribution in [2.75, 3.05) is 16.8 Å². The van der Waals surface area contributed by atoms with Gasteiger partial charge in [0.05, 0.1) is 0 Å². The molecule has 0 aliphatic heterocycles. The molecule has 0 saturated heterocycles. The summed E-state index contributed by atoms with van der Waals surface area (Å²) in [4.78, 5) is 14.7. The minimum absolute atomic E-state index is 0.0635. The van der Waals surface area contributed by atoms with Crippen LogP contribution in [0.5, 0.6) is 0 Å². The Labute approximate surface area is 139 Å². The molecule has 0 heterocycles. The SMILES string of the molecule is CCN(c1ccc(NC(=O)c2ccc(C)cc2C)cc1)C(C)C. The summed E-state index contributed by atoms with van der Waals surface area (Å²) in [5, 5.41) is 2.97. The number of anilines is 2. The van der Waals surface area contributed by atoms with E-state index in [1.807, 2.05) is 44.2 Å². The molecule has 0 spiro atoms. The van der Waals surface area contributed by atoms with Crippen LogP contribution in [0.1, 0.15) is 42.3 Å². The molecule has 0 fully saturated rings. The molecule has 1 N–H and O–H groups in total. The van der Waals surface area contributed by atoms with E-state index in [-0.39, 0.29) is 5.91 Å². The van der Waals surface area contributed by atoms with Crippen molar-refractivity contribution in [1.29, 1.82) is 0 Å². The Bertz CT molecular complexity index is 675. The molecule has 0 aliphatic carbocycles. The van der Waals surface area contributed by atoms with Crippen LogP contribution in [0.4, 0.5) is 11.4 Å². The zero-order valence-corrected chi connectivity index (χ0v) is 14.7. The van der Waals surface area contributed by atoms with E-state index in [0.717, 1.165) is 28.9 Å². The Hall–Kier alpha value is -2.29. The molecule has 2 aromatic rings. The number of carbonyl (C=O) groups excluding carboxylic acids is 1. The van der Waals surface area contributed by atoms with Crippen LogP contribution in [0.3, 0.4) is 0 Å². The number of hydrogen-bond acceptors (Lipinski definition) is 2. The predicted molar refractivity (Wildman–Crippen MR) is 98.5 cm³/mol. The van der Waals surface area contributed by atoms with E-state index < -0.39 is 0 Å². The summed E-state index contributed by atoms with van der Waals surface area (Å²) in [5.41, 5.74) is 4.87. The molecule has 0 bridgehead atoms. The number of aryl methyl sites for hydroxylation is 2. The molecule has 122 valence electrons. The second-order valence-corrected chi connectivity index (χ2v) is 6.20. The van der Waals surface area contributed by atoms with Crippen LogP contribution in [0.15, 0.2) is 42.5 Å². The summed E-state index contributed by atoms with van der Waals surface area (Å²) in [7, 11) is 0. The van der Waals surface area contributed by atoms with E-state index in [2.05, 4.69) is 43.1 Å². The smallest absolute Gasteiger partial charge is 0.255 e. The first-order valence-corrected chi connectivity index (χ1v) is 8.17. The minimum Gasteiger partial charge on any atom is -0.369 e. The van der Waals surface area contributed by atoms with Crippen LogP contribution >= 0.6 is 0 Å². The maximum absolute atomic E-state index is 12.4. The van der Waals surface area contributed by atoms with Gasteiger partial charge in [-0.05, 0) is 70.5 Å². The van der Waals surface area contributed by atoms with Gasteiger partial charge in [0.2, 0.25) is 0 Å². The largest absolute Gasteiger partial charge is 0.369 e. The highest BCUT2D eigenvalue weighted by Crippen LogP contribution is 2.21. The molecule has 3 heteroatoms. The van der Waals surface area contributed by atoms with Gasteiger partial charge in [-0.15, -0.1) is 0 Å². The fourth-order valence-electron chi connectivity index (χ4n) is 2.85. The van der Waals surface area contributed by atoms with Gasteiger partial charge in [0.25, 0.3) is 5.91 Å². The quantitative estimate of drug-likeness (QED) is 0.861. The first kappa shape index (κ1) is 17.1. The number of nitrogens with zero attached hydrogens (tertiary/aromatic N) is 1. The third kappa shape index (κ3) is 4.13. The fraction of sp³-hybridized carbons (Fsp3) is 0.350. The van der Waals surface area contributed by atoms with Crippen molar-refractivity contribution in [2.45, 2.75) is 40.7 Å². The average molecular weight is 310 g/mol. The first-order valence-electron chi connectivity index (χ1n) is 8.17. The summed E-state index contributed by atoms with van der Waals surface area (Å²) in [5.74, 6) is -0.0635. The normalized spacial score (nSPS) is 10.7. The van der Waals surface area contributed by atoms with Gasteiger partial charge in [-0.1, -0.05) is 17.7 Å². The Morgan fingerprint density at radius 3 is 2.26 bits per heavy atom. The van der Waals surface area contributed by atoms with E-state index in [9.17, 15) is 4.79 Å². The lowest BCUT2D eigenvalue weighted by Crippen LogP contribution is -2.30. The molecule has 0 aliphatic rings. The summed E-state index contributed by atoms with van der Waals surface area (Å²) < 4.78 is 0. The van der Waals surface area contributed by atoms with Gasteiger partial charge in [0, 0.05) is 29.5 Å². The van der Waals surface area contributed by atoms with Crippen molar-refractivity contribution in [3.05, 3.63) is 59.2 Å². The third-order valence-corrected chi connectivity index (χ3v) is 4.05. The Balaban J connectivity index is 2.13. The van der Waals surface area contributed by atoms with E-state index in [1.54, 1.807) is 0 Å². The van der Waals surface area contributed by atoms with Crippen molar-refractivity contribution in [3.63, 3.8) is 0 Å². The highest BCUT2D eigenvalue weighted by atomic mass is 16.1. The van der Waals surface area contributed by atoms with Crippen LogP contribution in [0, 0.1) is 13.8 Å². The second-order valence-electron chi connectivity index (χ2n) is 6.20. The topological polar surface area (TPSA) is 32.3 Å². The zero-order valence-electron chi connectivity index (χ0n) is 14.7. The number of rotatable bonds is 5. The molecule has 1 amide bonds. The Morgan fingerprint density at radius 2 is 1.74 bits per heavy atom. The zero-order chi connectivity index (χ0) is 17.0. The summed E-state index contributed by atoms with van der Waals surface area (Å²) in [6.45, 7) is 11.5. The maximum atomic E-state index is 12.4. The van der Waals surface area contributed by atoms with Crippen molar-refractivity contribution >= 4 is 17.3 Å². The summed E-state index contributed by atoms with van der Waals surface area (Å²) >= 11 is 0. The van der Waals surface area contributed by atoms with Gasteiger partial charge in [-0.3, -0.25) is 4.79 Å². The lowest BCUT2D eigenvalue weighted by molar-refractivity contribution is 0.102. The van der Waals surface area contributed by atoms with Gasteiger partial charge in [0.15, 0.2) is 0 Å². The minimum atomic E-state index is -0.0635. The maximum Gasteiger partial charge on any atom is 0.255 e. The van der Waals surface area contributed by atoms with E-state index >= 15 is 0 Å². The Morgan fingerprint density at radius 1 is 1.09 bits per heavy atom. The molecule has 0 atom stereocenters. The molecule has 23 heavy (non-hydrogen) atoms. The molecular formula is C20H26N2O. The van der Waals surface area contributed by atoms with Crippen LogP contribution in [0.25, 0.3) is 0 Å². The van der Waals surface area contributed by atoms with Crippen LogP contribution in [-0.4, -0.2) is 18.5 Å². The van der Waals surface area contributed by atoms with E-state index in [0.29, 0.717) is 6.04 Å². The highest BCUT2D eigenvalue weighted by molar-refractivity contribution is 6.05. The van der Waals surface area contributed by atoms with Crippen LogP contribution in [0.2, 0.25) is 0 Å². The molecule has 2 aromatic carbocycles. The van der Waals surface area contributed by atoms with Gasteiger partial charge in [-0.2, -0.15) is 0 Å². The van der Waals surface area contributed by atoms with Gasteiger partial charge >= 0.3 is 0 Å². The van der Waals surface area contributed by atoms with Crippen LogP contribution in [-0.2, 0) is 0 Å². The monoisotopic (exact) mass is 310 g/mol. The average Bonchev–Trinajstić information content (AvgIpc) is 2.49. The van der Waals surface area contributed by atoms with Crippen LogP contribution < -0.4 is 10.2 Å². The molecule has 0 radical (unpaired) electrons. The predicted octanol–water partition coefficient (Wildman–Crippen LogP) is 4.79. The van der Waals surface area contributed by atoms with Gasteiger partial charge in [-0.25, -0.2) is 0 Å². The molecular weight excluding hydrogens is 284 g/mol. The van der Waals surface area contributed by atoms with Gasteiger partial charge in [0.1, 0.15) is 0 Å². The van der Waals surface area contributed by atoms with Crippen molar-refractivity contribution in [1.82, 2.24) is 0 Å². The summed E-state index contributed by atoms with van der Waals surface area (Å²) in [6.07, 6.45) is 0. The number of benzene rings is 2. The summed E-state index contributed by atoms with van der Waals surface area (Å²) in [6, 6.07) is 14.4. The van der Waals surface area contributed by atoms with E-state index in [1.165, 1.54) is 5.69 Å². The Kier molecular flexibility index (Phi) is 5.43. The van der Waals surface area contributed by atoms with Crippen molar-refractivity contribution in [3.8, 4) is 0 Å². The molecule has 3 nitrogen and oxygen atoms in total. The molecule has 0 unspecified atom stereocenters. The highest BCUT2D eigenvalue weighted by Gasteiger charge is 2.11. The third-order valence-electron chi connectivity index (χ3n) is 4.05. The number of carbonyl (C=O) groups is 1. The first-order chi connectivity index (χ1) is 10.9. The standard InChI is InChI=1S/C20H26N2O/c1-6-22(14(2)3)18-10-8-17(9-11-18)21-20(23)19-12-7-15(4)13-16(19)5/h7-14H,6H2,1-5H3,(H,21,23). The lowest BCUT2D eigenvalue weighted by atomic mass is 10.1. The molecule has 0 aromatic heterocycles. The van der Waals surface area contributed by atoms with E-state index in [4.69, 9.17) is 0 Å². The molecule has 2 rings (SSSR count). The number of amides is 1. The lowest BCUT2D eigenvalue weighted by Gasteiger charge is -2.27. The number of nitrogens with one attached hydrogen (secondary N) is 1. The van der Waals surface area contributed by atoms with Gasteiger partial charge < -0.3 is 10.2 Å². The van der Waals surface area contributed by atoms with Crippen molar-refractivity contribution in [2.24, 2.45) is 0 Å². The molecule has 0 saturated carbocycles. The fourth-order valence-corrected chi connectivity index (χ4v) is 2.85. The second kappa shape index (κ2) is 7.32. The number of hydrogen-bond donors (Lipinski definition) is 1. The van der Waals surface area contributed by atoms with Crippen molar-refractivity contribution < 1.29 is 4.79 Å².